The molecular formula is C28H28F3N. The van der Waals surface area contributed by atoms with Gasteiger partial charge in [-0.1, -0.05) is 79.2 Å². The molecule has 3 aromatic carbocycles. The van der Waals surface area contributed by atoms with Gasteiger partial charge in [0.1, 0.15) is 0 Å². The smallest absolute Gasteiger partial charge is 0.299 e. The second-order valence-electron chi connectivity index (χ2n) is 8.48. The lowest BCUT2D eigenvalue weighted by atomic mass is 9.95. The maximum atomic E-state index is 13.8. The van der Waals surface area contributed by atoms with Crippen molar-refractivity contribution in [3.63, 3.8) is 0 Å². The third-order valence-electron chi connectivity index (χ3n) is 6.18. The van der Waals surface area contributed by atoms with Crippen LogP contribution in [0.15, 0.2) is 66.7 Å². The van der Waals surface area contributed by atoms with Crippen LogP contribution in [0.4, 0.5) is 13.2 Å². The molecule has 0 amide bonds. The van der Waals surface area contributed by atoms with Crippen LogP contribution in [-0.2, 0) is 12.7 Å². The van der Waals surface area contributed by atoms with E-state index in [4.69, 9.17) is 0 Å². The Kier molecular flexibility index (Phi) is 6.80. The topological polar surface area (TPSA) is 3.24 Å². The van der Waals surface area contributed by atoms with Gasteiger partial charge >= 0.3 is 6.18 Å². The van der Waals surface area contributed by atoms with Crippen LogP contribution < -0.4 is 0 Å². The summed E-state index contributed by atoms with van der Waals surface area (Å²) in [5.74, 6) is 0. The fourth-order valence-electron chi connectivity index (χ4n) is 4.41. The molecule has 1 heterocycles. The number of piperidine rings is 1. The van der Waals surface area contributed by atoms with Crippen molar-refractivity contribution in [2.24, 2.45) is 0 Å². The lowest BCUT2D eigenvalue weighted by Gasteiger charge is -2.26. The Hall–Kier alpha value is -2.85. The third kappa shape index (κ3) is 5.31. The van der Waals surface area contributed by atoms with Crippen LogP contribution in [0.1, 0.15) is 47.1 Å². The molecule has 1 nitrogen and oxygen atoms in total. The van der Waals surface area contributed by atoms with E-state index in [-0.39, 0.29) is 5.56 Å². The van der Waals surface area contributed by atoms with E-state index in [0.29, 0.717) is 6.54 Å². The molecule has 32 heavy (non-hydrogen) atoms. The summed E-state index contributed by atoms with van der Waals surface area (Å²) in [6.07, 6.45) is 2.43. The first-order valence-electron chi connectivity index (χ1n) is 11.2. The highest BCUT2D eigenvalue weighted by Gasteiger charge is 2.33. The van der Waals surface area contributed by atoms with Gasteiger partial charge in [0.2, 0.25) is 0 Å². The normalized spacial score (nSPS) is 15.4. The summed E-state index contributed by atoms with van der Waals surface area (Å²) >= 11 is 0. The SMILES string of the molecule is Cc1c(/C=C/c2ccc(CN3CCCCC3)cc2C(F)(F)F)cccc1-c1ccccc1. The van der Waals surface area contributed by atoms with Crippen LogP contribution in [0, 0.1) is 6.92 Å². The first kappa shape index (κ1) is 22.3. The Morgan fingerprint density at radius 2 is 1.53 bits per heavy atom. The van der Waals surface area contributed by atoms with E-state index in [9.17, 15) is 13.2 Å². The predicted octanol–water partition coefficient (Wildman–Crippen LogP) is 7.84. The van der Waals surface area contributed by atoms with Crippen LogP contribution in [-0.4, -0.2) is 18.0 Å². The highest BCUT2D eigenvalue weighted by molar-refractivity contribution is 5.78. The monoisotopic (exact) mass is 435 g/mol. The number of halogens is 3. The molecule has 0 unspecified atom stereocenters. The summed E-state index contributed by atoms with van der Waals surface area (Å²) < 4.78 is 41.5. The van der Waals surface area contributed by atoms with Gasteiger partial charge < -0.3 is 0 Å². The fourth-order valence-corrected chi connectivity index (χ4v) is 4.41. The van der Waals surface area contributed by atoms with Gasteiger partial charge in [0.15, 0.2) is 0 Å². The van der Waals surface area contributed by atoms with E-state index >= 15 is 0 Å². The van der Waals surface area contributed by atoms with Gasteiger partial charge in [-0.2, -0.15) is 13.2 Å². The van der Waals surface area contributed by atoms with Crippen LogP contribution >= 0.6 is 0 Å². The van der Waals surface area contributed by atoms with Crippen molar-refractivity contribution in [2.45, 2.75) is 38.9 Å². The van der Waals surface area contributed by atoms with Crippen molar-refractivity contribution in [1.82, 2.24) is 4.90 Å². The molecule has 4 rings (SSSR count). The molecule has 1 saturated heterocycles. The lowest BCUT2D eigenvalue weighted by molar-refractivity contribution is -0.137. The number of rotatable bonds is 5. The van der Waals surface area contributed by atoms with Gasteiger partial charge in [-0.15, -0.1) is 0 Å². The van der Waals surface area contributed by atoms with Crippen molar-refractivity contribution in [3.05, 3.63) is 94.5 Å². The minimum atomic E-state index is -4.39. The number of likely N-dealkylation sites (tertiary alicyclic amines) is 1. The van der Waals surface area contributed by atoms with Gasteiger partial charge in [0.05, 0.1) is 5.56 Å². The Labute approximate surface area is 188 Å². The molecule has 166 valence electrons. The molecular weight excluding hydrogens is 407 g/mol. The summed E-state index contributed by atoms with van der Waals surface area (Å²) in [6, 6.07) is 20.7. The molecule has 0 atom stereocenters. The van der Waals surface area contributed by atoms with Crippen molar-refractivity contribution in [2.75, 3.05) is 13.1 Å². The minimum Gasteiger partial charge on any atom is -0.299 e. The van der Waals surface area contributed by atoms with Crippen LogP contribution in [0.3, 0.4) is 0 Å². The van der Waals surface area contributed by atoms with E-state index < -0.39 is 11.7 Å². The summed E-state index contributed by atoms with van der Waals surface area (Å²) in [5, 5.41) is 0. The zero-order valence-corrected chi connectivity index (χ0v) is 18.3. The van der Waals surface area contributed by atoms with Gasteiger partial charge in [0, 0.05) is 6.54 Å². The predicted molar refractivity (Wildman–Crippen MR) is 126 cm³/mol. The van der Waals surface area contributed by atoms with Crippen molar-refractivity contribution >= 4 is 12.2 Å². The molecule has 4 heteroatoms. The number of nitrogens with zero attached hydrogens (tertiary/aromatic N) is 1. The first-order valence-corrected chi connectivity index (χ1v) is 11.2. The molecule has 1 aliphatic rings. The fraction of sp³-hybridized carbons (Fsp3) is 0.286. The molecule has 0 N–H and O–H groups in total. The zero-order valence-electron chi connectivity index (χ0n) is 18.3. The number of hydrogen-bond donors (Lipinski definition) is 0. The van der Waals surface area contributed by atoms with Crippen molar-refractivity contribution in [1.29, 1.82) is 0 Å². The van der Waals surface area contributed by atoms with Crippen LogP contribution in [0.5, 0.6) is 0 Å². The van der Waals surface area contributed by atoms with E-state index in [1.807, 2.05) is 61.5 Å². The van der Waals surface area contributed by atoms with E-state index in [1.54, 1.807) is 18.2 Å². The second-order valence-corrected chi connectivity index (χ2v) is 8.48. The number of alkyl halides is 3. The van der Waals surface area contributed by atoms with Crippen molar-refractivity contribution < 1.29 is 13.2 Å². The Bertz CT molecular complexity index is 1080. The largest absolute Gasteiger partial charge is 0.416 e. The van der Waals surface area contributed by atoms with Gasteiger partial charge in [-0.25, -0.2) is 0 Å². The molecule has 0 radical (unpaired) electrons. The molecule has 1 fully saturated rings. The number of hydrogen-bond acceptors (Lipinski definition) is 1. The van der Waals surface area contributed by atoms with Crippen LogP contribution in [0.25, 0.3) is 23.3 Å². The lowest BCUT2D eigenvalue weighted by Crippen LogP contribution is -2.29. The molecule has 1 aliphatic heterocycles. The van der Waals surface area contributed by atoms with Crippen LogP contribution in [0.2, 0.25) is 0 Å². The molecule has 0 aliphatic carbocycles. The van der Waals surface area contributed by atoms with Crippen molar-refractivity contribution in [3.8, 4) is 11.1 Å². The zero-order chi connectivity index (χ0) is 22.6. The van der Waals surface area contributed by atoms with E-state index in [2.05, 4.69) is 4.90 Å². The Balaban J connectivity index is 1.62. The van der Waals surface area contributed by atoms with Gasteiger partial charge in [-0.3, -0.25) is 4.90 Å². The Morgan fingerprint density at radius 1 is 0.812 bits per heavy atom. The first-order chi connectivity index (χ1) is 15.4. The molecule has 0 spiro atoms. The van der Waals surface area contributed by atoms with E-state index in [0.717, 1.165) is 53.7 Å². The summed E-state index contributed by atoms with van der Waals surface area (Å²) in [7, 11) is 0. The minimum absolute atomic E-state index is 0.199. The third-order valence-corrected chi connectivity index (χ3v) is 6.18. The maximum Gasteiger partial charge on any atom is 0.416 e. The van der Waals surface area contributed by atoms with E-state index in [1.165, 1.54) is 12.5 Å². The summed E-state index contributed by atoms with van der Waals surface area (Å²) in [5.41, 5.74) is 4.49. The summed E-state index contributed by atoms with van der Waals surface area (Å²) in [4.78, 5) is 2.24. The Morgan fingerprint density at radius 3 is 2.25 bits per heavy atom. The highest BCUT2D eigenvalue weighted by Crippen LogP contribution is 2.34. The highest BCUT2D eigenvalue weighted by atomic mass is 19.4. The second kappa shape index (κ2) is 9.74. The quantitative estimate of drug-likeness (QED) is 0.369. The maximum absolute atomic E-state index is 13.8. The molecule has 0 aromatic heterocycles. The standard InChI is InChI=1S/C28H28F3N/c1-21-23(11-8-12-26(21)24-9-4-2-5-10-24)15-16-25-14-13-22(19-27(25)28(29,30)31)20-32-17-6-3-7-18-32/h2,4-5,8-16,19H,3,6-7,17-18,20H2,1H3/b16-15+. The molecule has 0 saturated carbocycles. The van der Waals surface area contributed by atoms with Gasteiger partial charge in [0.25, 0.3) is 0 Å². The average molecular weight is 436 g/mol. The molecule has 3 aromatic rings. The van der Waals surface area contributed by atoms with Gasteiger partial charge in [-0.05, 0) is 72.3 Å². The molecule has 0 bridgehead atoms. The average Bonchev–Trinajstić information content (AvgIpc) is 2.79. The summed E-state index contributed by atoms with van der Waals surface area (Å²) in [6.45, 7) is 4.50. The number of benzene rings is 3.